The molecule has 2 N–H and O–H groups in total. The molecule has 0 saturated carbocycles. The van der Waals surface area contributed by atoms with E-state index in [0.717, 1.165) is 19.4 Å². The summed E-state index contributed by atoms with van der Waals surface area (Å²) in [5.41, 5.74) is 1.98. The van der Waals surface area contributed by atoms with Gasteiger partial charge >= 0.3 is 0 Å². The molecule has 0 aliphatic heterocycles. The van der Waals surface area contributed by atoms with Crippen molar-refractivity contribution in [2.75, 3.05) is 11.9 Å². The molecule has 5 heteroatoms. The number of thiocarbonyl (C=S) groups is 1. The van der Waals surface area contributed by atoms with Crippen molar-refractivity contribution in [2.45, 2.75) is 12.8 Å². The second kappa shape index (κ2) is 7.96. The first kappa shape index (κ1) is 15.7. The van der Waals surface area contributed by atoms with Crippen LogP contribution in [0.5, 0.6) is 0 Å². The number of hydrogen-bond donors (Lipinski definition) is 2. The van der Waals surface area contributed by atoms with Gasteiger partial charge in [0.1, 0.15) is 5.82 Å². The molecule has 0 aliphatic rings. The molecule has 110 valence electrons. The van der Waals surface area contributed by atoms with Gasteiger partial charge in [-0.15, -0.1) is 0 Å². The van der Waals surface area contributed by atoms with Crippen molar-refractivity contribution < 1.29 is 4.39 Å². The molecule has 2 nitrogen and oxygen atoms in total. The van der Waals surface area contributed by atoms with E-state index in [0.29, 0.717) is 10.8 Å². The van der Waals surface area contributed by atoms with Crippen LogP contribution >= 0.6 is 23.8 Å². The maximum atomic E-state index is 13.0. The molecule has 0 fully saturated rings. The van der Waals surface area contributed by atoms with Crippen LogP contribution in [-0.4, -0.2) is 11.7 Å². The number of nitrogens with one attached hydrogen (secondary N) is 2. The molecule has 0 radical (unpaired) electrons. The van der Waals surface area contributed by atoms with Crippen LogP contribution < -0.4 is 10.6 Å². The van der Waals surface area contributed by atoms with Crippen LogP contribution in [0.1, 0.15) is 12.0 Å². The van der Waals surface area contributed by atoms with Crippen LogP contribution in [-0.2, 0) is 6.42 Å². The summed E-state index contributed by atoms with van der Waals surface area (Å²) in [6, 6.07) is 14.7. The summed E-state index contributed by atoms with van der Waals surface area (Å²) in [6.45, 7) is 0.773. The van der Waals surface area contributed by atoms with Gasteiger partial charge in [0.2, 0.25) is 0 Å². The van der Waals surface area contributed by atoms with Gasteiger partial charge in [-0.2, -0.15) is 0 Å². The first-order valence-electron chi connectivity index (χ1n) is 6.69. The zero-order valence-electron chi connectivity index (χ0n) is 11.4. The SMILES string of the molecule is Fc1ccc(NC(=S)NCCCc2ccccc2)cc1Cl. The van der Waals surface area contributed by atoms with Gasteiger partial charge in [-0.1, -0.05) is 41.9 Å². The van der Waals surface area contributed by atoms with Gasteiger partial charge in [0, 0.05) is 12.2 Å². The average Bonchev–Trinajstić information content (AvgIpc) is 2.49. The number of benzene rings is 2. The summed E-state index contributed by atoms with van der Waals surface area (Å²) in [4.78, 5) is 0. The van der Waals surface area contributed by atoms with Crippen molar-refractivity contribution in [1.29, 1.82) is 0 Å². The summed E-state index contributed by atoms with van der Waals surface area (Å²) in [7, 11) is 0. The molecule has 0 spiro atoms. The molecule has 0 bridgehead atoms. The molecule has 2 rings (SSSR count). The standard InChI is InChI=1S/C16H16ClFN2S/c17-14-11-13(8-9-15(14)18)20-16(21)19-10-4-7-12-5-2-1-3-6-12/h1-3,5-6,8-9,11H,4,7,10H2,(H2,19,20,21). The topological polar surface area (TPSA) is 24.1 Å². The van der Waals surface area contributed by atoms with Gasteiger partial charge in [0.25, 0.3) is 0 Å². The second-order valence-electron chi connectivity index (χ2n) is 4.60. The maximum Gasteiger partial charge on any atom is 0.170 e. The molecule has 0 atom stereocenters. The minimum Gasteiger partial charge on any atom is -0.362 e. The highest BCUT2D eigenvalue weighted by Crippen LogP contribution is 2.19. The molecule has 0 aromatic heterocycles. The van der Waals surface area contributed by atoms with Crippen LogP contribution in [0.15, 0.2) is 48.5 Å². The molecule has 0 heterocycles. The van der Waals surface area contributed by atoms with E-state index < -0.39 is 5.82 Å². The lowest BCUT2D eigenvalue weighted by Gasteiger charge is -2.11. The Kier molecular flexibility index (Phi) is 5.96. The minimum atomic E-state index is -0.441. The predicted octanol–water partition coefficient (Wildman–Crippen LogP) is 4.40. The Morgan fingerprint density at radius 3 is 2.62 bits per heavy atom. The molecule has 2 aromatic carbocycles. The Labute approximate surface area is 134 Å². The quantitative estimate of drug-likeness (QED) is 0.630. The number of halogens is 2. The van der Waals surface area contributed by atoms with E-state index in [2.05, 4.69) is 22.8 Å². The van der Waals surface area contributed by atoms with Gasteiger partial charge < -0.3 is 10.6 Å². The molecule has 21 heavy (non-hydrogen) atoms. The summed E-state index contributed by atoms with van der Waals surface area (Å²) in [5.74, 6) is -0.441. The Morgan fingerprint density at radius 2 is 1.90 bits per heavy atom. The highest BCUT2D eigenvalue weighted by Gasteiger charge is 2.02. The highest BCUT2D eigenvalue weighted by atomic mass is 35.5. The zero-order valence-corrected chi connectivity index (χ0v) is 13.0. The van der Waals surface area contributed by atoms with Crippen molar-refractivity contribution in [3.63, 3.8) is 0 Å². The number of anilines is 1. The molecular weight excluding hydrogens is 307 g/mol. The third-order valence-electron chi connectivity index (χ3n) is 2.95. The van der Waals surface area contributed by atoms with E-state index in [1.165, 1.54) is 17.7 Å². The number of rotatable bonds is 5. The highest BCUT2D eigenvalue weighted by molar-refractivity contribution is 7.80. The monoisotopic (exact) mass is 322 g/mol. The lowest BCUT2D eigenvalue weighted by molar-refractivity contribution is 0.628. The largest absolute Gasteiger partial charge is 0.362 e. The predicted molar refractivity (Wildman–Crippen MR) is 90.4 cm³/mol. The second-order valence-corrected chi connectivity index (χ2v) is 5.41. The van der Waals surface area contributed by atoms with Crippen LogP contribution in [0.25, 0.3) is 0 Å². The van der Waals surface area contributed by atoms with Crippen molar-refractivity contribution >= 4 is 34.6 Å². The summed E-state index contributed by atoms with van der Waals surface area (Å²) in [6.07, 6.45) is 1.98. The van der Waals surface area contributed by atoms with Gasteiger partial charge in [0.05, 0.1) is 5.02 Å². The Morgan fingerprint density at radius 1 is 1.14 bits per heavy atom. The summed E-state index contributed by atoms with van der Waals surface area (Å²) < 4.78 is 13.0. The van der Waals surface area contributed by atoms with Crippen LogP contribution in [0.2, 0.25) is 5.02 Å². The lowest BCUT2D eigenvalue weighted by atomic mass is 10.1. The third-order valence-corrected chi connectivity index (χ3v) is 3.48. The molecule has 2 aromatic rings. The van der Waals surface area contributed by atoms with Gasteiger partial charge in [-0.3, -0.25) is 0 Å². The first-order valence-corrected chi connectivity index (χ1v) is 7.47. The van der Waals surface area contributed by atoms with Crippen LogP contribution in [0.3, 0.4) is 0 Å². The molecule has 0 saturated heterocycles. The van der Waals surface area contributed by atoms with E-state index >= 15 is 0 Å². The third kappa shape index (κ3) is 5.33. The number of hydrogen-bond acceptors (Lipinski definition) is 1. The zero-order chi connectivity index (χ0) is 15.1. The summed E-state index contributed by atoms with van der Waals surface area (Å²) in [5, 5.41) is 6.68. The molecule has 0 aliphatic carbocycles. The van der Waals surface area contributed by atoms with Crippen molar-refractivity contribution in [3.05, 3.63) is 64.9 Å². The van der Waals surface area contributed by atoms with Gasteiger partial charge in [-0.25, -0.2) is 4.39 Å². The van der Waals surface area contributed by atoms with E-state index in [9.17, 15) is 4.39 Å². The van der Waals surface area contributed by atoms with Gasteiger partial charge in [-0.05, 0) is 48.8 Å². The van der Waals surface area contributed by atoms with E-state index in [1.807, 2.05) is 18.2 Å². The normalized spacial score (nSPS) is 10.2. The Hall–Kier alpha value is -1.65. The molecule has 0 unspecified atom stereocenters. The fourth-order valence-electron chi connectivity index (χ4n) is 1.89. The summed E-state index contributed by atoms with van der Waals surface area (Å²) >= 11 is 10.9. The van der Waals surface area contributed by atoms with Crippen molar-refractivity contribution in [2.24, 2.45) is 0 Å². The van der Waals surface area contributed by atoms with Crippen LogP contribution in [0, 0.1) is 5.82 Å². The fraction of sp³-hybridized carbons (Fsp3) is 0.188. The first-order chi connectivity index (χ1) is 10.1. The smallest absolute Gasteiger partial charge is 0.170 e. The Bertz CT molecular complexity index is 604. The maximum absolute atomic E-state index is 13.0. The molecular formula is C16H16ClFN2S. The minimum absolute atomic E-state index is 0.0758. The van der Waals surface area contributed by atoms with E-state index in [4.69, 9.17) is 23.8 Å². The van der Waals surface area contributed by atoms with Crippen molar-refractivity contribution in [3.8, 4) is 0 Å². The number of aryl methyl sites for hydroxylation is 1. The fourth-order valence-corrected chi connectivity index (χ4v) is 2.29. The molecule has 0 amide bonds. The van der Waals surface area contributed by atoms with E-state index in [-0.39, 0.29) is 5.02 Å². The van der Waals surface area contributed by atoms with Crippen molar-refractivity contribution in [1.82, 2.24) is 5.32 Å². The van der Waals surface area contributed by atoms with E-state index in [1.54, 1.807) is 6.07 Å². The van der Waals surface area contributed by atoms with Gasteiger partial charge in [0.15, 0.2) is 5.11 Å². The van der Waals surface area contributed by atoms with Crippen LogP contribution in [0.4, 0.5) is 10.1 Å². The lowest BCUT2D eigenvalue weighted by Crippen LogP contribution is -2.29. The Balaban J connectivity index is 1.71. The average molecular weight is 323 g/mol.